The highest BCUT2D eigenvalue weighted by atomic mass is 32.1. The monoisotopic (exact) mass is 308 g/mol. The normalized spacial score (nSPS) is 12.0. The number of benzene rings is 1. The molecule has 1 amide bonds. The number of carbonyl (C=O) groups excluding carboxylic acids is 1. The first-order valence-corrected chi connectivity index (χ1v) is 7.53. The molecule has 1 atom stereocenters. The molecule has 0 unspecified atom stereocenters. The van der Waals surface area contributed by atoms with Gasteiger partial charge in [0.2, 0.25) is 5.91 Å². The number of amides is 1. The Balaban J connectivity index is 2.16. The number of nitrogens with zero attached hydrogens (tertiary/aromatic N) is 1. The lowest BCUT2D eigenvalue weighted by molar-refractivity contribution is -0.119. The minimum Gasteiger partial charge on any atom is -0.494 e. The molecule has 112 valence electrons. The summed E-state index contributed by atoms with van der Waals surface area (Å²) < 4.78 is 18.6. The highest BCUT2D eigenvalue weighted by molar-refractivity contribution is 7.14. The second-order valence-corrected chi connectivity index (χ2v) is 5.54. The molecule has 0 aliphatic rings. The smallest absolute Gasteiger partial charge is 0.228 e. The molecular weight excluding hydrogens is 291 g/mol. The van der Waals surface area contributed by atoms with E-state index in [0.717, 1.165) is 6.42 Å². The van der Waals surface area contributed by atoms with E-state index in [9.17, 15) is 9.18 Å². The minimum atomic E-state index is -0.437. The van der Waals surface area contributed by atoms with E-state index in [1.165, 1.54) is 24.5 Å². The predicted octanol–water partition coefficient (Wildman–Crippen LogP) is 3.94. The molecule has 0 bridgehead atoms. The molecular formula is C15H17FN2O2S. The van der Waals surface area contributed by atoms with Crippen LogP contribution in [-0.4, -0.2) is 18.0 Å². The number of rotatable bonds is 5. The van der Waals surface area contributed by atoms with E-state index in [1.54, 1.807) is 17.5 Å². The number of nitrogens with one attached hydrogen (secondary N) is 1. The highest BCUT2D eigenvalue weighted by Gasteiger charge is 2.13. The van der Waals surface area contributed by atoms with Crippen LogP contribution in [0.15, 0.2) is 23.6 Å². The number of ether oxygens (including phenoxy) is 1. The van der Waals surface area contributed by atoms with Gasteiger partial charge >= 0.3 is 0 Å². The molecule has 6 heteroatoms. The summed E-state index contributed by atoms with van der Waals surface area (Å²) in [6.07, 6.45) is 0.772. The second kappa shape index (κ2) is 6.67. The lowest BCUT2D eigenvalue weighted by Gasteiger charge is -2.06. The van der Waals surface area contributed by atoms with Crippen molar-refractivity contribution in [1.82, 2.24) is 4.98 Å². The Hall–Kier alpha value is -1.95. The Morgan fingerprint density at radius 2 is 2.29 bits per heavy atom. The number of halogens is 1. The van der Waals surface area contributed by atoms with Gasteiger partial charge in [-0.25, -0.2) is 9.37 Å². The summed E-state index contributed by atoms with van der Waals surface area (Å²) in [7, 11) is 1.42. The zero-order valence-electron chi connectivity index (χ0n) is 12.1. The zero-order chi connectivity index (χ0) is 15.4. The quantitative estimate of drug-likeness (QED) is 0.910. The standard InChI is InChI=1S/C15H17FN2O2S/c1-4-9(2)14(19)18-15-17-12(8-21-15)10-5-6-13(20-3)11(16)7-10/h5-9H,4H2,1-3H3,(H,17,18,19)/t9-/m0/s1. The van der Waals surface area contributed by atoms with Crippen molar-refractivity contribution in [2.45, 2.75) is 20.3 Å². The van der Waals surface area contributed by atoms with Gasteiger partial charge < -0.3 is 10.1 Å². The Morgan fingerprint density at radius 3 is 2.90 bits per heavy atom. The maximum absolute atomic E-state index is 13.7. The van der Waals surface area contributed by atoms with Gasteiger partial charge in [-0.15, -0.1) is 11.3 Å². The summed E-state index contributed by atoms with van der Waals surface area (Å²) >= 11 is 1.32. The molecule has 0 aliphatic heterocycles. The van der Waals surface area contributed by atoms with Gasteiger partial charge in [0, 0.05) is 16.9 Å². The van der Waals surface area contributed by atoms with Crippen LogP contribution in [0, 0.1) is 11.7 Å². The number of anilines is 1. The summed E-state index contributed by atoms with van der Waals surface area (Å²) in [6.45, 7) is 3.82. The van der Waals surface area contributed by atoms with E-state index in [1.807, 2.05) is 13.8 Å². The van der Waals surface area contributed by atoms with Crippen molar-refractivity contribution in [3.05, 3.63) is 29.4 Å². The molecule has 0 saturated carbocycles. The second-order valence-electron chi connectivity index (χ2n) is 4.69. The van der Waals surface area contributed by atoms with Crippen LogP contribution in [0.3, 0.4) is 0 Å². The molecule has 0 spiro atoms. The zero-order valence-corrected chi connectivity index (χ0v) is 13.0. The molecule has 1 aromatic carbocycles. The van der Waals surface area contributed by atoms with E-state index in [0.29, 0.717) is 16.4 Å². The van der Waals surface area contributed by atoms with E-state index >= 15 is 0 Å². The summed E-state index contributed by atoms with van der Waals surface area (Å²) in [5.41, 5.74) is 1.27. The predicted molar refractivity (Wildman–Crippen MR) is 82.1 cm³/mol. The van der Waals surface area contributed by atoms with Gasteiger partial charge in [-0.2, -0.15) is 0 Å². The summed E-state index contributed by atoms with van der Waals surface area (Å²) in [5.74, 6) is -0.359. The molecule has 0 fully saturated rings. The van der Waals surface area contributed by atoms with Crippen molar-refractivity contribution < 1.29 is 13.9 Å². The van der Waals surface area contributed by atoms with E-state index in [2.05, 4.69) is 10.3 Å². The maximum Gasteiger partial charge on any atom is 0.228 e. The number of methoxy groups -OCH3 is 1. The van der Waals surface area contributed by atoms with Crippen LogP contribution in [0.1, 0.15) is 20.3 Å². The SMILES string of the molecule is CC[C@H](C)C(=O)Nc1nc(-c2ccc(OC)c(F)c2)cs1. The highest BCUT2D eigenvalue weighted by Crippen LogP contribution is 2.28. The first-order chi connectivity index (χ1) is 10.0. The Kier molecular flexibility index (Phi) is 4.90. The Bertz CT molecular complexity index is 642. The molecule has 1 heterocycles. The molecule has 0 saturated heterocycles. The summed E-state index contributed by atoms with van der Waals surface area (Å²) in [4.78, 5) is 16.1. The fraction of sp³-hybridized carbons (Fsp3) is 0.333. The van der Waals surface area contributed by atoms with E-state index in [4.69, 9.17) is 4.74 Å². The molecule has 1 aromatic heterocycles. The summed E-state index contributed by atoms with van der Waals surface area (Å²) in [5, 5.41) is 5.08. The van der Waals surface area contributed by atoms with Gasteiger partial charge in [0.15, 0.2) is 16.7 Å². The van der Waals surface area contributed by atoms with Crippen LogP contribution < -0.4 is 10.1 Å². The van der Waals surface area contributed by atoms with Crippen LogP contribution in [0.4, 0.5) is 9.52 Å². The summed E-state index contributed by atoms with van der Waals surface area (Å²) in [6, 6.07) is 4.66. The Labute approximate surface area is 127 Å². The molecule has 0 radical (unpaired) electrons. The van der Waals surface area contributed by atoms with Crippen LogP contribution in [0.5, 0.6) is 5.75 Å². The van der Waals surface area contributed by atoms with Crippen molar-refractivity contribution in [2.75, 3.05) is 12.4 Å². The largest absolute Gasteiger partial charge is 0.494 e. The van der Waals surface area contributed by atoms with Crippen LogP contribution >= 0.6 is 11.3 Å². The topological polar surface area (TPSA) is 51.2 Å². The van der Waals surface area contributed by atoms with E-state index in [-0.39, 0.29) is 17.6 Å². The molecule has 2 rings (SSSR count). The number of carbonyl (C=O) groups is 1. The van der Waals surface area contributed by atoms with Crippen molar-refractivity contribution in [1.29, 1.82) is 0 Å². The van der Waals surface area contributed by atoms with Gasteiger partial charge in [0.25, 0.3) is 0 Å². The minimum absolute atomic E-state index is 0.0562. The van der Waals surface area contributed by atoms with Gasteiger partial charge in [0.1, 0.15) is 0 Å². The van der Waals surface area contributed by atoms with Crippen LogP contribution in [-0.2, 0) is 4.79 Å². The number of aromatic nitrogens is 1. The molecule has 21 heavy (non-hydrogen) atoms. The van der Waals surface area contributed by atoms with Gasteiger partial charge in [0.05, 0.1) is 12.8 Å². The Morgan fingerprint density at radius 1 is 1.52 bits per heavy atom. The lowest BCUT2D eigenvalue weighted by atomic mass is 10.1. The number of hydrogen-bond acceptors (Lipinski definition) is 4. The van der Waals surface area contributed by atoms with Crippen molar-refractivity contribution in [2.24, 2.45) is 5.92 Å². The van der Waals surface area contributed by atoms with Gasteiger partial charge in [-0.05, 0) is 24.6 Å². The number of hydrogen-bond donors (Lipinski definition) is 1. The molecule has 2 aromatic rings. The van der Waals surface area contributed by atoms with Crippen molar-refractivity contribution in [3.63, 3.8) is 0 Å². The van der Waals surface area contributed by atoms with Gasteiger partial charge in [-0.3, -0.25) is 4.79 Å². The van der Waals surface area contributed by atoms with Crippen molar-refractivity contribution in [3.8, 4) is 17.0 Å². The van der Waals surface area contributed by atoms with Crippen LogP contribution in [0.2, 0.25) is 0 Å². The number of thiazole rings is 1. The average Bonchev–Trinajstić information content (AvgIpc) is 2.94. The first-order valence-electron chi connectivity index (χ1n) is 6.65. The van der Waals surface area contributed by atoms with E-state index < -0.39 is 5.82 Å². The molecule has 1 N–H and O–H groups in total. The molecule has 4 nitrogen and oxygen atoms in total. The fourth-order valence-corrected chi connectivity index (χ4v) is 2.43. The first kappa shape index (κ1) is 15.4. The third-order valence-electron chi connectivity index (χ3n) is 3.24. The van der Waals surface area contributed by atoms with Gasteiger partial charge in [-0.1, -0.05) is 13.8 Å². The lowest BCUT2D eigenvalue weighted by Crippen LogP contribution is -2.19. The fourth-order valence-electron chi connectivity index (χ4n) is 1.70. The third-order valence-corrected chi connectivity index (χ3v) is 4.00. The van der Waals surface area contributed by atoms with Crippen molar-refractivity contribution >= 4 is 22.4 Å². The third kappa shape index (κ3) is 3.58. The molecule has 0 aliphatic carbocycles. The average molecular weight is 308 g/mol. The van der Waals surface area contributed by atoms with Crippen LogP contribution in [0.25, 0.3) is 11.3 Å². The maximum atomic E-state index is 13.7.